The minimum Gasteiger partial charge on any atom is -0.350 e. The predicted molar refractivity (Wildman–Crippen MR) is 75.2 cm³/mol. The number of hydrogen-bond acceptors (Lipinski definition) is 3. The number of nitrogens with one attached hydrogen (secondary N) is 1. The molecule has 0 aliphatic heterocycles. The zero-order valence-corrected chi connectivity index (χ0v) is 11.4. The van der Waals surface area contributed by atoms with Crippen molar-refractivity contribution in [3.63, 3.8) is 0 Å². The molecule has 0 unspecified atom stereocenters. The van der Waals surface area contributed by atoms with Gasteiger partial charge in [0.25, 0.3) is 5.91 Å². The van der Waals surface area contributed by atoms with Gasteiger partial charge < -0.3 is 10.5 Å². The van der Waals surface area contributed by atoms with Crippen LogP contribution in [0.1, 0.15) is 19.4 Å². The van der Waals surface area contributed by atoms with E-state index in [-0.39, 0.29) is 0 Å². The van der Waals surface area contributed by atoms with Crippen LogP contribution < -0.4 is 11.2 Å². The minimum atomic E-state index is -1.20. The molecule has 0 radical (unpaired) electrons. The summed E-state index contributed by atoms with van der Waals surface area (Å²) in [6.07, 6.45) is 3.40. The SMILES string of the molecule is CC(C)(C=O)N(NC(N)=O)C(=O)C=Cc1ccccc1. The van der Waals surface area contributed by atoms with Crippen LogP contribution in [0.15, 0.2) is 36.4 Å². The van der Waals surface area contributed by atoms with Gasteiger partial charge in [0, 0.05) is 6.08 Å². The average Bonchev–Trinajstić information content (AvgIpc) is 2.43. The number of carbonyl (C=O) groups is 3. The number of hydrazine groups is 1. The standard InChI is InChI=1S/C14H17N3O3/c1-14(2,10-18)17(16-13(15)20)12(19)9-8-11-6-4-3-5-7-11/h3-10H,1-2H3,(H3,15,16,20). The molecule has 6 nitrogen and oxygen atoms in total. The van der Waals surface area contributed by atoms with Crippen LogP contribution in [0.3, 0.4) is 0 Å². The van der Waals surface area contributed by atoms with Crippen LogP contribution in [-0.2, 0) is 9.59 Å². The largest absolute Gasteiger partial charge is 0.350 e. The van der Waals surface area contributed by atoms with E-state index < -0.39 is 17.5 Å². The van der Waals surface area contributed by atoms with E-state index in [2.05, 4.69) is 5.43 Å². The van der Waals surface area contributed by atoms with Crippen LogP contribution in [0.4, 0.5) is 4.79 Å². The lowest BCUT2D eigenvalue weighted by molar-refractivity contribution is -0.139. The summed E-state index contributed by atoms with van der Waals surface area (Å²) in [7, 11) is 0. The van der Waals surface area contributed by atoms with Gasteiger partial charge in [0.05, 0.1) is 0 Å². The number of primary amides is 1. The number of hydrogen-bond donors (Lipinski definition) is 2. The van der Waals surface area contributed by atoms with Crippen molar-refractivity contribution in [1.82, 2.24) is 10.4 Å². The third kappa shape index (κ3) is 4.24. The van der Waals surface area contributed by atoms with Gasteiger partial charge in [-0.05, 0) is 25.5 Å². The van der Waals surface area contributed by atoms with Crippen molar-refractivity contribution >= 4 is 24.3 Å². The van der Waals surface area contributed by atoms with Crippen LogP contribution >= 0.6 is 0 Å². The van der Waals surface area contributed by atoms with E-state index in [1.807, 2.05) is 30.3 Å². The second-order valence-corrected chi connectivity index (χ2v) is 4.67. The minimum absolute atomic E-state index is 0.551. The predicted octanol–water partition coefficient (Wildman–Crippen LogP) is 1.09. The monoisotopic (exact) mass is 275 g/mol. The molecule has 0 saturated carbocycles. The Morgan fingerprint density at radius 1 is 1.25 bits per heavy atom. The zero-order valence-electron chi connectivity index (χ0n) is 11.4. The highest BCUT2D eigenvalue weighted by Gasteiger charge is 2.30. The molecule has 0 spiro atoms. The molecule has 0 aromatic heterocycles. The summed E-state index contributed by atoms with van der Waals surface area (Å²) < 4.78 is 0. The Labute approximate surface area is 117 Å². The van der Waals surface area contributed by atoms with Gasteiger partial charge in [0.2, 0.25) is 0 Å². The maximum atomic E-state index is 12.1. The van der Waals surface area contributed by atoms with Crippen LogP contribution in [0.5, 0.6) is 0 Å². The molecule has 1 rings (SSSR count). The molecule has 3 N–H and O–H groups in total. The molecule has 0 bridgehead atoms. The first-order chi connectivity index (χ1) is 9.36. The molecule has 106 valence electrons. The maximum absolute atomic E-state index is 12.1. The molecule has 1 aromatic carbocycles. The third-order valence-electron chi connectivity index (χ3n) is 2.53. The third-order valence-corrected chi connectivity index (χ3v) is 2.53. The van der Waals surface area contributed by atoms with E-state index in [0.29, 0.717) is 6.29 Å². The van der Waals surface area contributed by atoms with Gasteiger partial charge in [0.1, 0.15) is 11.8 Å². The fourth-order valence-electron chi connectivity index (χ4n) is 1.45. The summed E-state index contributed by atoms with van der Waals surface area (Å²) in [5, 5.41) is 0.891. The normalized spacial score (nSPS) is 11.1. The van der Waals surface area contributed by atoms with E-state index in [9.17, 15) is 14.4 Å². The van der Waals surface area contributed by atoms with E-state index in [4.69, 9.17) is 5.73 Å². The number of nitrogens with two attached hydrogens (primary N) is 1. The number of benzene rings is 1. The molecule has 1 aromatic rings. The van der Waals surface area contributed by atoms with Crippen LogP contribution in [0, 0.1) is 0 Å². The highest BCUT2D eigenvalue weighted by Crippen LogP contribution is 2.10. The Bertz CT molecular complexity index is 524. The molecular weight excluding hydrogens is 258 g/mol. The lowest BCUT2D eigenvalue weighted by Gasteiger charge is -2.32. The number of amides is 3. The average molecular weight is 275 g/mol. The van der Waals surface area contributed by atoms with E-state index in [1.54, 1.807) is 6.08 Å². The second-order valence-electron chi connectivity index (χ2n) is 4.67. The number of nitrogens with zero attached hydrogens (tertiary/aromatic N) is 1. The molecule has 0 aliphatic rings. The molecule has 0 atom stereocenters. The fourth-order valence-corrected chi connectivity index (χ4v) is 1.45. The Hall–Kier alpha value is -2.63. The van der Waals surface area contributed by atoms with Gasteiger partial charge in [-0.2, -0.15) is 0 Å². The van der Waals surface area contributed by atoms with Crippen molar-refractivity contribution in [1.29, 1.82) is 0 Å². The highest BCUT2D eigenvalue weighted by atomic mass is 16.2. The van der Waals surface area contributed by atoms with E-state index >= 15 is 0 Å². The summed E-state index contributed by atoms with van der Waals surface area (Å²) in [5.74, 6) is -0.551. The Balaban J connectivity index is 2.91. The quantitative estimate of drug-likeness (QED) is 0.489. The van der Waals surface area contributed by atoms with Crippen molar-refractivity contribution < 1.29 is 14.4 Å². The van der Waals surface area contributed by atoms with Crippen molar-refractivity contribution in [3.05, 3.63) is 42.0 Å². The Kier molecular flexibility index (Phi) is 5.02. The summed E-state index contributed by atoms with van der Waals surface area (Å²) >= 11 is 0. The zero-order chi connectivity index (χ0) is 15.2. The number of aldehydes is 1. The van der Waals surface area contributed by atoms with Gasteiger partial charge in [-0.15, -0.1) is 0 Å². The molecule has 0 fully saturated rings. The molecule has 6 heteroatoms. The maximum Gasteiger partial charge on any atom is 0.331 e. The Morgan fingerprint density at radius 2 is 1.85 bits per heavy atom. The summed E-state index contributed by atoms with van der Waals surface area (Å²) in [6.45, 7) is 2.98. The van der Waals surface area contributed by atoms with Crippen LogP contribution in [-0.4, -0.2) is 28.8 Å². The van der Waals surface area contributed by atoms with Crippen molar-refractivity contribution in [2.45, 2.75) is 19.4 Å². The van der Waals surface area contributed by atoms with Gasteiger partial charge in [-0.25, -0.2) is 15.2 Å². The smallest absolute Gasteiger partial charge is 0.331 e. The van der Waals surface area contributed by atoms with Gasteiger partial charge in [-0.1, -0.05) is 30.3 Å². The number of carbonyl (C=O) groups excluding carboxylic acids is 3. The van der Waals surface area contributed by atoms with Crippen LogP contribution in [0.25, 0.3) is 6.08 Å². The van der Waals surface area contributed by atoms with E-state index in [1.165, 1.54) is 19.9 Å². The first-order valence-electron chi connectivity index (χ1n) is 5.96. The van der Waals surface area contributed by atoms with Gasteiger partial charge in [0.15, 0.2) is 0 Å². The molecule has 0 heterocycles. The first kappa shape index (κ1) is 15.4. The molecule has 3 amide bonds. The van der Waals surface area contributed by atoms with Gasteiger partial charge >= 0.3 is 6.03 Å². The summed E-state index contributed by atoms with van der Waals surface area (Å²) in [4.78, 5) is 34.0. The molecule has 20 heavy (non-hydrogen) atoms. The fraction of sp³-hybridized carbons (Fsp3) is 0.214. The lowest BCUT2D eigenvalue weighted by atomic mass is 10.1. The topological polar surface area (TPSA) is 92.5 Å². The van der Waals surface area contributed by atoms with E-state index in [0.717, 1.165) is 10.6 Å². The number of urea groups is 1. The van der Waals surface area contributed by atoms with Crippen LogP contribution in [0.2, 0.25) is 0 Å². The highest BCUT2D eigenvalue weighted by molar-refractivity contribution is 5.95. The summed E-state index contributed by atoms with van der Waals surface area (Å²) in [5.41, 5.74) is 6.77. The molecular formula is C14H17N3O3. The lowest BCUT2D eigenvalue weighted by Crippen LogP contribution is -2.58. The summed E-state index contributed by atoms with van der Waals surface area (Å²) in [6, 6.07) is 8.25. The molecule has 0 saturated heterocycles. The van der Waals surface area contributed by atoms with Crippen molar-refractivity contribution in [2.24, 2.45) is 5.73 Å². The number of rotatable bonds is 4. The van der Waals surface area contributed by atoms with Crippen molar-refractivity contribution in [2.75, 3.05) is 0 Å². The molecule has 0 aliphatic carbocycles. The first-order valence-corrected chi connectivity index (χ1v) is 5.96. The second kappa shape index (κ2) is 6.51. The van der Waals surface area contributed by atoms with Gasteiger partial charge in [-0.3, -0.25) is 4.79 Å². The Morgan fingerprint density at radius 3 is 2.35 bits per heavy atom. The van der Waals surface area contributed by atoms with Crippen molar-refractivity contribution in [3.8, 4) is 0 Å².